The van der Waals surface area contributed by atoms with E-state index in [1.54, 1.807) is 19.1 Å². The van der Waals surface area contributed by atoms with Crippen LogP contribution in [0.15, 0.2) is 18.2 Å². The Labute approximate surface area is 119 Å². The number of halogens is 2. The average Bonchev–Trinajstić information content (AvgIpc) is 3.16. The number of hydrogen-bond donors (Lipinski definition) is 2. The Kier molecular flexibility index (Phi) is 4.93. The summed E-state index contributed by atoms with van der Waals surface area (Å²) in [7, 11) is 0. The van der Waals surface area contributed by atoms with Gasteiger partial charge in [0.2, 0.25) is 0 Å². The van der Waals surface area contributed by atoms with Crippen LogP contribution in [0.25, 0.3) is 0 Å². The minimum atomic E-state index is -0.454. The molecule has 0 heterocycles. The van der Waals surface area contributed by atoms with Gasteiger partial charge in [-0.25, -0.2) is 4.39 Å². The molecule has 1 atom stereocenters. The van der Waals surface area contributed by atoms with Crippen LogP contribution < -0.4 is 11.1 Å². The van der Waals surface area contributed by atoms with Crippen LogP contribution in [-0.4, -0.2) is 18.0 Å². The summed E-state index contributed by atoms with van der Waals surface area (Å²) in [6.07, 6.45) is 2.15. The zero-order chi connectivity index (χ0) is 13.3. The van der Waals surface area contributed by atoms with Crippen LogP contribution in [-0.2, 0) is 0 Å². The average molecular weight is 287 g/mol. The van der Waals surface area contributed by atoms with E-state index in [0.717, 1.165) is 12.8 Å². The smallest absolute Gasteiger partial charge is 0.254 e. The third kappa shape index (κ3) is 3.25. The van der Waals surface area contributed by atoms with Crippen LogP contribution >= 0.6 is 12.4 Å². The molecule has 19 heavy (non-hydrogen) atoms. The highest BCUT2D eigenvalue weighted by atomic mass is 35.5. The number of carbonyl (C=O) groups excluding carboxylic acids is 1. The molecular formula is C14H20ClFN2O. The zero-order valence-electron chi connectivity index (χ0n) is 11.2. The molecule has 0 aromatic heterocycles. The first kappa shape index (κ1) is 15.9. The highest BCUT2D eigenvalue weighted by Gasteiger charge is 2.41. The van der Waals surface area contributed by atoms with Crippen molar-refractivity contribution in [2.45, 2.75) is 32.2 Å². The predicted molar refractivity (Wildman–Crippen MR) is 76.0 cm³/mol. The van der Waals surface area contributed by atoms with Gasteiger partial charge in [-0.2, -0.15) is 0 Å². The predicted octanol–water partition coefficient (Wildman–Crippen LogP) is 2.41. The van der Waals surface area contributed by atoms with Gasteiger partial charge in [0.1, 0.15) is 5.82 Å². The van der Waals surface area contributed by atoms with Crippen LogP contribution in [0.3, 0.4) is 0 Å². The summed E-state index contributed by atoms with van der Waals surface area (Å²) in [5.41, 5.74) is 5.88. The minimum Gasteiger partial charge on any atom is -0.345 e. The molecule has 0 saturated heterocycles. The quantitative estimate of drug-likeness (QED) is 0.893. The molecule has 5 heteroatoms. The van der Waals surface area contributed by atoms with Crippen molar-refractivity contribution in [2.75, 3.05) is 6.54 Å². The second-order valence-corrected chi connectivity index (χ2v) is 5.29. The Balaban J connectivity index is 0.00000180. The molecule has 3 nitrogen and oxygen atoms in total. The molecule has 1 aliphatic rings. The van der Waals surface area contributed by atoms with Crippen LogP contribution in [0.5, 0.6) is 0 Å². The molecule has 1 aromatic carbocycles. The number of aryl methyl sites for hydroxylation is 1. The highest BCUT2D eigenvalue weighted by Crippen LogP contribution is 2.39. The van der Waals surface area contributed by atoms with Crippen molar-refractivity contribution >= 4 is 18.3 Å². The van der Waals surface area contributed by atoms with Gasteiger partial charge < -0.3 is 11.1 Å². The Hall–Kier alpha value is -1.13. The van der Waals surface area contributed by atoms with E-state index in [1.807, 2.05) is 6.92 Å². The van der Waals surface area contributed by atoms with Gasteiger partial charge in [-0.15, -0.1) is 12.4 Å². The van der Waals surface area contributed by atoms with Gasteiger partial charge >= 0.3 is 0 Å². The summed E-state index contributed by atoms with van der Waals surface area (Å²) < 4.78 is 13.9. The van der Waals surface area contributed by atoms with Gasteiger partial charge in [-0.3, -0.25) is 4.79 Å². The lowest BCUT2D eigenvalue weighted by molar-refractivity contribution is 0.0893. The largest absolute Gasteiger partial charge is 0.345 e. The number of amides is 1. The fourth-order valence-electron chi connectivity index (χ4n) is 2.19. The summed E-state index contributed by atoms with van der Waals surface area (Å²) in [5, 5.41) is 2.89. The molecule has 0 bridgehead atoms. The third-order valence-electron chi connectivity index (χ3n) is 3.74. The van der Waals surface area contributed by atoms with Gasteiger partial charge in [-0.05, 0) is 44.2 Å². The molecule has 1 amide bonds. The Morgan fingerprint density at radius 3 is 2.68 bits per heavy atom. The number of nitrogens with two attached hydrogens (primary N) is 1. The monoisotopic (exact) mass is 286 g/mol. The van der Waals surface area contributed by atoms with Gasteiger partial charge in [0.25, 0.3) is 5.91 Å². The summed E-state index contributed by atoms with van der Waals surface area (Å²) in [4.78, 5) is 12.1. The standard InChI is InChI=1S/C14H19FN2O.ClH/c1-9-4-3-5-11(12(9)15)13(18)17-14(2,8-16)10-6-7-10;/h3-5,10H,6-8,16H2,1-2H3,(H,17,18);1H. The summed E-state index contributed by atoms with van der Waals surface area (Å²) in [6, 6.07) is 4.83. The fourth-order valence-corrected chi connectivity index (χ4v) is 2.19. The van der Waals surface area contributed by atoms with Crippen molar-refractivity contribution in [2.24, 2.45) is 11.7 Å². The normalized spacial score (nSPS) is 17.3. The summed E-state index contributed by atoms with van der Waals surface area (Å²) in [5.74, 6) is -0.416. The van der Waals surface area contributed by atoms with Crippen LogP contribution in [0, 0.1) is 18.7 Å². The number of hydrogen-bond acceptors (Lipinski definition) is 2. The highest BCUT2D eigenvalue weighted by molar-refractivity contribution is 5.95. The van der Waals surface area contributed by atoms with Crippen molar-refractivity contribution < 1.29 is 9.18 Å². The molecule has 1 unspecified atom stereocenters. The Bertz CT molecular complexity index is 477. The van der Waals surface area contributed by atoms with E-state index in [-0.39, 0.29) is 23.9 Å². The first-order valence-electron chi connectivity index (χ1n) is 6.25. The third-order valence-corrected chi connectivity index (χ3v) is 3.74. The lowest BCUT2D eigenvalue weighted by atomic mass is 9.95. The lowest BCUT2D eigenvalue weighted by Crippen LogP contribution is -2.53. The van der Waals surface area contributed by atoms with Crippen LogP contribution in [0.4, 0.5) is 4.39 Å². The first-order chi connectivity index (χ1) is 8.48. The van der Waals surface area contributed by atoms with Crippen molar-refractivity contribution in [1.82, 2.24) is 5.32 Å². The van der Waals surface area contributed by atoms with Gasteiger partial charge in [0, 0.05) is 6.54 Å². The first-order valence-corrected chi connectivity index (χ1v) is 6.25. The molecule has 1 fully saturated rings. The molecule has 2 rings (SSSR count). The molecule has 106 valence electrons. The van der Waals surface area contributed by atoms with E-state index in [0.29, 0.717) is 18.0 Å². The lowest BCUT2D eigenvalue weighted by Gasteiger charge is -2.29. The number of carbonyl (C=O) groups is 1. The van der Waals surface area contributed by atoms with Gasteiger partial charge in [0.15, 0.2) is 0 Å². The van der Waals surface area contributed by atoms with E-state index in [9.17, 15) is 9.18 Å². The summed E-state index contributed by atoms with van der Waals surface area (Å²) >= 11 is 0. The summed E-state index contributed by atoms with van der Waals surface area (Å²) in [6.45, 7) is 3.95. The molecule has 0 aliphatic heterocycles. The van der Waals surface area contributed by atoms with E-state index in [1.165, 1.54) is 6.07 Å². The van der Waals surface area contributed by atoms with Gasteiger partial charge in [0.05, 0.1) is 11.1 Å². The van der Waals surface area contributed by atoms with Crippen molar-refractivity contribution in [3.63, 3.8) is 0 Å². The molecule has 0 radical (unpaired) electrons. The number of rotatable bonds is 4. The number of nitrogens with one attached hydrogen (secondary N) is 1. The maximum Gasteiger partial charge on any atom is 0.254 e. The van der Waals surface area contributed by atoms with Crippen LogP contribution in [0.1, 0.15) is 35.7 Å². The molecule has 3 N–H and O–H groups in total. The van der Waals surface area contributed by atoms with E-state index < -0.39 is 11.4 Å². The molecular weight excluding hydrogens is 267 g/mol. The Morgan fingerprint density at radius 2 is 2.16 bits per heavy atom. The van der Waals surface area contributed by atoms with Crippen LogP contribution in [0.2, 0.25) is 0 Å². The topological polar surface area (TPSA) is 55.1 Å². The Morgan fingerprint density at radius 1 is 1.53 bits per heavy atom. The zero-order valence-corrected chi connectivity index (χ0v) is 12.0. The fraction of sp³-hybridized carbons (Fsp3) is 0.500. The second-order valence-electron chi connectivity index (χ2n) is 5.29. The van der Waals surface area contributed by atoms with E-state index in [4.69, 9.17) is 5.73 Å². The maximum atomic E-state index is 13.9. The molecule has 0 spiro atoms. The van der Waals surface area contributed by atoms with Crippen molar-refractivity contribution in [3.8, 4) is 0 Å². The van der Waals surface area contributed by atoms with E-state index in [2.05, 4.69) is 5.32 Å². The molecule has 1 aromatic rings. The van der Waals surface area contributed by atoms with E-state index >= 15 is 0 Å². The molecule has 1 aliphatic carbocycles. The SMILES string of the molecule is Cc1cccc(C(=O)NC(C)(CN)C2CC2)c1F.Cl. The second kappa shape index (κ2) is 5.88. The number of benzene rings is 1. The molecule has 1 saturated carbocycles. The maximum absolute atomic E-state index is 13.9. The minimum absolute atomic E-state index is 0. The van der Waals surface area contributed by atoms with Gasteiger partial charge in [-0.1, -0.05) is 12.1 Å². The van der Waals surface area contributed by atoms with Crippen molar-refractivity contribution in [3.05, 3.63) is 35.1 Å². The van der Waals surface area contributed by atoms with Crippen molar-refractivity contribution in [1.29, 1.82) is 0 Å².